The number of benzene rings is 2. The highest BCUT2D eigenvalue weighted by molar-refractivity contribution is 5.94. The average molecular weight is 287 g/mol. The topological polar surface area (TPSA) is 38.3 Å². The highest BCUT2D eigenvalue weighted by atomic mass is 19.1. The highest BCUT2D eigenvalue weighted by Crippen LogP contribution is 2.12. The highest BCUT2D eigenvalue weighted by Gasteiger charge is 2.05. The van der Waals surface area contributed by atoms with Gasteiger partial charge in [-0.05, 0) is 48.7 Å². The molecule has 0 unspecified atom stereocenters. The van der Waals surface area contributed by atoms with Crippen molar-refractivity contribution in [2.75, 3.05) is 13.7 Å². The molecular formula is C17H18FNO2. The van der Waals surface area contributed by atoms with E-state index in [-0.39, 0.29) is 11.7 Å². The number of carbonyl (C=O) groups excluding carboxylic acids is 1. The Morgan fingerprint density at radius 1 is 1.19 bits per heavy atom. The lowest BCUT2D eigenvalue weighted by molar-refractivity contribution is 0.0953. The third kappa shape index (κ3) is 4.60. The number of carbonyl (C=O) groups is 1. The lowest BCUT2D eigenvalue weighted by Gasteiger charge is -2.07. The van der Waals surface area contributed by atoms with Crippen LogP contribution in [-0.4, -0.2) is 19.6 Å². The Bertz CT molecular complexity index is 596. The van der Waals surface area contributed by atoms with Gasteiger partial charge in [0.05, 0.1) is 7.11 Å². The average Bonchev–Trinajstić information content (AvgIpc) is 2.53. The van der Waals surface area contributed by atoms with Gasteiger partial charge in [-0.25, -0.2) is 4.39 Å². The Kier molecular flexibility index (Phi) is 5.32. The molecule has 0 aliphatic carbocycles. The maximum absolute atomic E-state index is 12.8. The normalized spacial score (nSPS) is 10.2. The van der Waals surface area contributed by atoms with E-state index in [4.69, 9.17) is 4.74 Å². The predicted molar refractivity (Wildman–Crippen MR) is 80.0 cm³/mol. The standard InChI is InChI=1S/C17H18FNO2/c1-21-16-6-2-5-14(12-16)17(20)19-11-3-4-13-7-9-15(18)10-8-13/h2,5-10,12H,3-4,11H2,1H3,(H,19,20). The van der Waals surface area contributed by atoms with Crippen molar-refractivity contribution in [1.82, 2.24) is 5.32 Å². The SMILES string of the molecule is COc1cccc(C(=O)NCCCc2ccc(F)cc2)c1. The van der Waals surface area contributed by atoms with Gasteiger partial charge in [0.2, 0.25) is 0 Å². The molecule has 0 radical (unpaired) electrons. The molecule has 1 N–H and O–H groups in total. The third-order valence-corrected chi connectivity index (χ3v) is 3.17. The largest absolute Gasteiger partial charge is 0.497 e. The number of aryl methyl sites for hydroxylation is 1. The molecule has 110 valence electrons. The Morgan fingerprint density at radius 2 is 1.95 bits per heavy atom. The van der Waals surface area contributed by atoms with Gasteiger partial charge in [0.25, 0.3) is 5.91 Å². The summed E-state index contributed by atoms with van der Waals surface area (Å²) in [5.74, 6) is 0.312. The molecule has 0 aliphatic rings. The zero-order valence-electron chi connectivity index (χ0n) is 11.9. The monoisotopic (exact) mass is 287 g/mol. The number of nitrogens with one attached hydrogen (secondary N) is 1. The van der Waals surface area contributed by atoms with Gasteiger partial charge in [-0.1, -0.05) is 18.2 Å². The zero-order valence-corrected chi connectivity index (χ0v) is 11.9. The minimum Gasteiger partial charge on any atom is -0.497 e. The molecule has 0 spiro atoms. The molecule has 2 rings (SSSR count). The summed E-state index contributed by atoms with van der Waals surface area (Å²) in [6.07, 6.45) is 1.61. The van der Waals surface area contributed by atoms with Crippen molar-refractivity contribution in [3.8, 4) is 5.75 Å². The van der Waals surface area contributed by atoms with Crippen LogP contribution in [-0.2, 0) is 6.42 Å². The van der Waals surface area contributed by atoms with Crippen LogP contribution in [0.4, 0.5) is 4.39 Å². The van der Waals surface area contributed by atoms with Crippen molar-refractivity contribution >= 4 is 5.91 Å². The van der Waals surface area contributed by atoms with Crippen LogP contribution in [0.15, 0.2) is 48.5 Å². The van der Waals surface area contributed by atoms with E-state index in [1.54, 1.807) is 43.5 Å². The molecule has 0 saturated carbocycles. The minimum atomic E-state index is -0.231. The summed E-state index contributed by atoms with van der Waals surface area (Å²) in [7, 11) is 1.57. The van der Waals surface area contributed by atoms with Crippen molar-refractivity contribution < 1.29 is 13.9 Å². The zero-order chi connectivity index (χ0) is 15.1. The number of ether oxygens (including phenoxy) is 1. The number of amides is 1. The third-order valence-electron chi connectivity index (χ3n) is 3.17. The summed E-state index contributed by atoms with van der Waals surface area (Å²) in [5, 5.41) is 2.86. The second kappa shape index (κ2) is 7.43. The molecule has 0 aromatic heterocycles. The van der Waals surface area contributed by atoms with Gasteiger partial charge >= 0.3 is 0 Å². The fraction of sp³-hybridized carbons (Fsp3) is 0.235. The number of methoxy groups -OCH3 is 1. The minimum absolute atomic E-state index is 0.118. The van der Waals surface area contributed by atoms with Crippen molar-refractivity contribution in [2.24, 2.45) is 0 Å². The maximum Gasteiger partial charge on any atom is 0.251 e. The van der Waals surface area contributed by atoms with Crippen LogP contribution in [0.5, 0.6) is 5.75 Å². The lowest BCUT2D eigenvalue weighted by atomic mass is 10.1. The molecule has 0 heterocycles. The van der Waals surface area contributed by atoms with Crippen molar-refractivity contribution in [3.63, 3.8) is 0 Å². The van der Waals surface area contributed by atoms with E-state index in [9.17, 15) is 9.18 Å². The van der Waals surface area contributed by atoms with E-state index in [0.717, 1.165) is 18.4 Å². The molecular weight excluding hydrogens is 269 g/mol. The van der Waals surface area contributed by atoms with Crippen LogP contribution >= 0.6 is 0 Å². The van der Waals surface area contributed by atoms with Gasteiger partial charge in [-0.3, -0.25) is 4.79 Å². The van der Waals surface area contributed by atoms with E-state index in [1.807, 2.05) is 0 Å². The quantitative estimate of drug-likeness (QED) is 0.829. The van der Waals surface area contributed by atoms with Crippen molar-refractivity contribution in [1.29, 1.82) is 0 Å². The molecule has 0 atom stereocenters. The predicted octanol–water partition coefficient (Wildman–Crippen LogP) is 3.20. The molecule has 0 saturated heterocycles. The van der Waals surface area contributed by atoms with Crippen LogP contribution < -0.4 is 10.1 Å². The van der Waals surface area contributed by atoms with Crippen LogP contribution in [0.25, 0.3) is 0 Å². The first-order valence-corrected chi connectivity index (χ1v) is 6.86. The Morgan fingerprint density at radius 3 is 2.67 bits per heavy atom. The van der Waals surface area contributed by atoms with Gasteiger partial charge in [0.1, 0.15) is 11.6 Å². The first kappa shape index (κ1) is 15.0. The first-order chi connectivity index (χ1) is 10.2. The summed E-state index contributed by atoms with van der Waals surface area (Å²) in [6, 6.07) is 13.5. The molecule has 21 heavy (non-hydrogen) atoms. The first-order valence-electron chi connectivity index (χ1n) is 6.86. The van der Waals surface area contributed by atoms with Crippen LogP contribution in [0.3, 0.4) is 0 Å². The maximum atomic E-state index is 12.8. The van der Waals surface area contributed by atoms with Gasteiger partial charge in [-0.15, -0.1) is 0 Å². The molecule has 0 aliphatic heterocycles. The summed E-state index contributed by atoms with van der Waals surface area (Å²) >= 11 is 0. The summed E-state index contributed by atoms with van der Waals surface area (Å²) in [6.45, 7) is 0.577. The van der Waals surface area contributed by atoms with E-state index < -0.39 is 0 Å². The van der Waals surface area contributed by atoms with Gasteiger partial charge in [-0.2, -0.15) is 0 Å². The van der Waals surface area contributed by atoms with E-state index in [0.29, 0.717) is 17.9 Å². The van der Waals surface area contributed by atoms with Crippen LogP contribution in [0, 0.1) is 5.82 Å². The lowest BCUT2D eigenvalue weighted by Crippen LogP contribution is -2.24. The summed E-state index contributed by atoms with van der Waals surface area (Å²) in [4.78, 5) is 12.0. The molecule has 3 nitrogen and oxygen atoms in total. The molecule has 0 fully saturated rings. The smallest absolute Gasteiger partial charge is 0.251 e. The number of halogens is 1. The Labute approximate surface area is 123 Å². The molecule has 0 bridgehead atoms. The second-order valence-electron chi connectivity index (χ2n) is 4.72. The molecule has 4 heteroatoms. The summed E-state index contributed by atoms with van der Waals surface area (Å²) < 4.78 is 17.9. The van der Waals surface area contributed by atoms with Crippen LogP contribution in [0.2, 0.25) is 0 Å². The van der Waals surface area contributed by atoms with Crippen molar-refractivity contribution in [3.05, 3.63) is 65.5 Å². The Hall–Kier alpha value is -2.36. The number of rotatable bonds is 6. The Balaban J connectivity index is 1.77. The summed E-state index contributed by atoms with van der Waals surface area (Å²) in [5.41, 5.74) is 1.64. The van der Waals surface area contributed by atoms with Gasteiger partial charge in [0.15, 0.2) is 0 Å². The number of hydrogen-bond acceptors (Lipinski definition) is 2. The second-order valence-corrected chi connectivity index (χ2v) is 4.72. The van der Waals surface area contributed by atoms with E-state index in [2.05, 4.69) is 5.32 Å². The fourth-order valence-electron chi connectivity index (χ4n) is 2.01. The van der Waals surface area contributed by atoms with Gasteiger partial charge in [0, 0.05) is 12.1 Å². The fourth-order valence-corrected chi connectivity index (χ4v) is 2.01. The number of hydrogen-bond donors (Lipinski definition) is 1. The molecule has 1 amide bonds. The van der Waals surface area contributed by atoms with Crippen LogP contribution in [0.1, 0.15) is 22.3 Å². The van der Waals surface area contributed by atoms with E-state index >= 15 is 0 Å². The van der Waals surface area contributed by atoms with Crippen molar-refractivity contribution in [2.45, 2.75) is 12.8 Å². The molecule has 2 aromatic carbocycles. The van der Waals surface area contributed by atoms with E-state index in [1.165, 1.54) is 12.1 Å². The van der Waals surface area contributed by atoms with Gasteiger partial charge < -0.3 is 10.1 Å². The molecule has 2 aromatic rings.